The molecule has 0 amide bonds. The van der Waals surface area contributed by atoms with Gasteiger partial charge in [0.15, 0.2) is 0 Å². The first kappa shape index (κ1) is 12.5. The first-order valence-corrected chi connectivity index (χ1v) is 6.03. The van der Waals surface area contributed by atoms with Crippen molar-refractivity contribution in [3.8, 4) is 0 Å². The van der Waals surface area contributed by atoms with Gasteiger partial charge in [-0.3, -0.25) is 16.0 Å². The van der Waals surface area contributed by atoms with Crippen molar-refractivity contribution in [2.45, 2.75) is 32.0 Å². The standard InChI is InChI=1S/C11H20N4O2/c1-2-3-15-7-9(6-13-15)11(14-12)10-8-16-4-5-17-10/h6-7,10-11,14H,2-5,8,12H2,1H3. The third-order valence-corrected chi connectivity index (χ3v) is 2.86. The number of nitrogens with one attached hydrogen (secondary N) is 1. The lowest BCUT2D eigenvalue weighted by atomic mass is 10.1. The molecule has 2 atom stereocenters. The maximum absolute atomic E-state index is 5.65. The van der Waals surface area contributed by atoms with Crippen molar-refractivity contribution >= 4 is 0 Å². The highest BCUT2D eigenvalue weighted by Gasteiger charge is 2.26. The molecule has 2 heterocycles. The molecule has 6 nitrogen and oxygen atoms in total. The molecule has 96 valence electrons. The highest BCUT2D eigenvalue weighted by molar-refractivity contribution is 5.12. The number of rotatable bonds is 5. The predicted molar refractivity (Wildman–Crippen MR) is 63.1 cm³/mol. The Hall–Kier alpha value is -0.950. The summed E-state index contributed by atoms with van der Waals surface area (Å²) >= 11 is 0. The number of nitrogens with two attached hydrogens (primary N) is 1. The van der Waals surface area contributed by atoms with Gasteiger partial charge in [-0.2, -0.15) is 5.10 Å². The minimum atomic E-state index is -0.0686. The fourth-order valence-electron chi connectivity index (χ4n) is 2.01. The van der Waals surface area contributed by atoms with Crippen LogP contribution in [0.5, 0.6) is 0 Å². The lowest BCUT2D eigenvalue weighted by molar-refractivity contribution is -0.102. The van der Waals surface area contributed by atoms with Crippen molar-refractivity contribution in [2.75, 3.05) is 19.8 Å². The molecule has 1 aliphatic rings. The summed E-state index contributed by atoms with van der Waals surface area (Å²) in [6.45, 7) is 4.88. The third kappa shape index (κ3) is 3.04. The SMILES string of the molecule is CCCn1cc(C(NN)C2COCCO2)cn1. The van der Waals surface area contributed by atoms with Crippen LogP contribution in [0.25, 0.3) is 0 Å². The van der Waals surface area contributed by atoms with Crippen LogP contribution in [0, 0.1) is 0 Å². The Balaban J connectivity index is 2.04. The minimum Gasteiger partial charge on any atom is -0.376 e. The molecule has 0 bridgehead atoms. The van der Waals surface area contributed by atoms with Crippen LogP contribution in [0.4, 0.5) is 0 Å². The molecule has 0 aliphatic carbocycles. The van der Waals surface area contributed by atoms with E-state index in [0.717, 1.165) is 18.5 Å². The molecule has 1 aromatic rings. The Labute approximate surface area is 101 Å². The van der Waals surface area contributed by atoms with Gasteiger partial charge in [0.05, 0.1) is 32.1 Å². The molecular formula is C11H20N4O2. The minimum absolute atomic E-state index is 0.0481. The highest BCUT2D eigenvalue weighted by Crippen LogP contribution is 2.20. The van der Waals surface area contributed by atoms with Crippen LogP contribution >= 0.6 is 0 Å². The van der Waals surface area contributed by atoms with E-state index in [4.69, 9.17) is 15.3 Å². The Morgan fingerprint density at radius 2 is 2.53 bits per heavy atom. The van der Waals surface area contributed by atoms with Gasteiger partial charge in [0.1, 0.15) is 6.10 Å². The lowest BCUT2D eigenvalue weighted by Crippen LogP contribution is -2.43. The van der Waals surface area contributed by atoms with E-state index >= 15 is 0 Å². The number of aromatic nitrogens is 2. The monoisotopic (exact) mass is 240 g/mol. The molecule has 0 aromatic carbocycles. The van der Waals surface area contributed by atoms with E-state index in [9.17, 15) is 0 Å². The summed E-state index contributed by atoms with van der Waals surface area (Å²) in [4.78, 5) is 0. The van der Waals surface area contributed by atoms with Gasteiger partial charge in [0.25, 0.3) is 0 Å². The molecule has 0 spiro atoms. The van der Waals surface area contributed by atoms with Gasteiger partial charge < -0.3 is 9.47 Å². The molecule has 2 unspecified atom stereocenters. The molecule has 1 aromatic heterocycles. The van der Waals surface area contributed by atoms with Crippen LogP contribution in [0.3, 0.4) is 0 Å². The van der Waals surface area contributed by atoms with E-state index < -0.39 is 0 Å². The average molecular weight is 240 g/mol. The average Bonchev–Trinajstić information content (AvgIpc) is 2.81. The van der Waals surface area contributed by atoms with Crippen LogP contribution in [-0.4, -0.2) is 35.7 Å². The fourth-order valence-corrected chi connectivity index (χ4v) is 2.01. The second kappa shape index (κ2) is 6.11. The summed E-state index contributed by atoms with van der Waals surface area (Å²) in [6, 6.07) is -0.0686. The van der Waals surface area contributed by atoms with Crippen molar-refractivity contribution in [3.05, 3.63) is 18.0 Å². The van der Waals surface area contributed by atoms with Gasteiger partial charge in [0, 0.05) is 18.3 Å². The normalized spacial score (nSPS) is 22.6. The number of hydrogen-bond acceptors (Lipinski definition) is 5. The second-order valence-corrected chi connectivity index (χ2v) is 4.17. The van der Waals surface area contributed by atoms with E-state index in [0.29, 0.717) is 19.8 Å². The molecule has 0 radical (unpaired) electrons. The second-order valence-electron chi connectivity index (χ2n) is 4.17. The first-order valence-electron chi connectivity index (χ1n) is 6.03. The summed E-state index contributed by atoms with van der Waals surface area (Å²) in [6.07, 6.45) is 4.85. The fraction of sp³-hybridized carbons (Fsp3) is 0.727. The zero-order chi connectivity index (χ0) is 12.1. The molecule has 1 saturated heterocycles. The third-order valence-electron chi connectivity index (χ3n) is 2.86. The number of hydrazine groups is 1. The van der Waals surface area contributed by atoms with E-state index in [1.54, 1.807) is 0 Å². The maximum atomic E-state index is 5.65. The maximum Gasteiger partial charge on any atom is 0.102 e. The molecule has 1 aliphatic heterocycles. The van der Waals surface area contributed by atoms with Gasteiger partial charge in [-0.1, -0.05) is 6.92 Å². The molecule has 6 heteroatoms. The smallest absolute Gasteiger partial charge is 0.102 e. The van der Waals surface area contributed by atoms with Crippen molar-refractivity contribution in [1.82, 2.24) is 15.2 Å². The Morgan fingerprint density at radius 3 is 3.18 bits per heavy atom. The summed E-state index contributed by atoms with van der Waals surface area (Å²) in [5.41, 5.74) is 3.82. The topological polar surface area (TPSA) is 74.3 Å². The van der Waals surface area contributed by atoms with E-state index in [2.05, 4.69) is 17.4 Å². The number of ether oxygens (including phenoxy) is 2. The number of aryl methyl sites for hydroxylation is 1. The van der Waals surface area contributed by atoms with E-state index in [1.165, 1.54) is 0 Å². The first-order chi connectivity index (χ1) is 8.35. The molecule has 2 rings (SSSR count). The van der Waals surface area contributed by atoms with Crippen molar-refractivity contribution in [3.63, 3.8) is 0 Å². The summed E-state index contributed by atoms with van der Waals surface area (Å²) < 4.78 is 13.0. The molecule has 1 fully saturated rings. The Kier molecular flexibility index (Phi) is 4.49. The summed E-state index contributed by atoms with van der Waals surface area (Å²) in [7, 11) is 0. The van der Waals surface area contributed by atoms with Gasteiger partial charge in [-0.15, -0.1) is 0 Å². The summed E-state index contributed by atoms with van der Waals surface area (Å²) in [5, 5.41) is 4.29. The molecule has 17 heavy (non-hydrogen) atoms. The van der Waals surface area contributed by atoms with Crippen LogP contribution in [0.15, 0.2) is 12.4 Å². The predicted octanol–water partition coefficient (Wildman–Crippen LogP) is 0.213. The van der Waals surface area contributed by atoms with Crippen LogP contribution < -0.4 is 11.3 Å². The van der Waals surface area contributed by atoms with Crippen molar-refractivity contribution in [2.24, 2.45) is 5.84 Å². The number of hydrogen-bond donors (Lipinski definition) is 2. The quantitative estimate of drug-likeness (QED) is 0.568. The Bertz CT molecular complexity index is 336. The van der Waals surface area contributed by atoms with Crippen molar-refractivity contribution in [1.29, 1.82) is 0 Å². The van der Waals surface area contributed by atoms with Gasteiger partial charge in [-0.25, -0.2) is 0 Å². The largest absolute Gasteiger partial charge is 0.376 e. The van der Waals surface area contributed by atoms with E-state index in [1.807, 2.05) is 17.1 Å². The summed E-state index contributed by atoms with van der Waals surface area (Å²) in [5.74, 6) is 5.60. The van der Waals surface area contributed by atoms with E-state index in [-0.39, 0.29) is 12.1 Å². The van der Waals surface area contributed by atoms with Gasteiger partial charge in [-0.05, 0) is 6.42 Å². The molecular weight excluding hydrogens is 220 g/mol. The lowest BCUT2D eigenvalue weighted by Gasteiger charge is -2.29. The highest BCUT2D eigenvalue weighted by atomic mass is 16.6. The van der Waals surface area contributed by atoms with Crippen LogP contribution in [0.1, 0.15) is 24.9 Å². The zero-order valence-electron chi connectivity index (χ0n) is 10.1. The zero-order valence-corrected chi connectivity index (χ0v) is 10.1. The van der Waals surface area contributed by atoms with Crippen LogP contribution in [0.2, 0.25) is 0 Å². The molecule has 0 saturated carbocycles. The van der Waals surface area contributed by atoms with Crippen molar-refractivity contribution < 1.29 is 9.47 Å². The number of nitrogens with zero attached hydrogens (tertiary/aromatic N) is 2. The van der Waals surface area contributed by atoms with Gasteiger partial charge in [0.2, 0.25) is 0 Å². The van der Waals surface area contributed by atoms with Crippen LogP contribution in [-0.2, 0) is 16.0 Å². The van der Waals surface area contributed by atoms with Gasteiger partial charge >= 0.3 is 0 Å². The Morgan fingerprint density at radius 1 is 1.65 bits per heavy atom. The molecule has 3 N–H and O–H groups in total.